The number of rotatable bonds is 5. The second-order valence-electron chi connectivity index (χ2n) is 6.64. The molecule has 0 spiro atoms. The largest absolute Gasteiger partial charge is 0.386 e. The lowest BCUT2D eigenvalue weighted by atomic mass is 10.00. The van der Waals surface area contributed by atoms with Crippen LogP contribution in [0, 0.1) is 6.92 Å². The second kappa shape index (κ2) is 7.56. The molecular weight excluding hydrogens is 334 g/mol. The molecule has 2 unspecified atom stereocenters. The Bertz CT molecular complexity index is 1050. The van der Waals surface area contributed by atoms with Gasteiger partial charge in [0.05, 0.1) is 5.52 Å². The molecule has 0 saturated heterocycles. The number of hydrogen-bond donors (Lipinski definition) is 1. The van der Waals surface area contributed by atoms with Crippen LogP contribution in [0.2, 0.25) is 0 Å². The molecule has 1 aromatic heterocycles. The van der Waals surface area contributed by atoms with Crippen LogP contribution < -0.4 is 0 Å². The highest BCUT2D eigenvalue weighted by molar-refractivity contribution is 5.74. The summed E-state index contributed by atoms with van der Waals surface area (Å²) in [5.41, 5.74) is 4.79. The van der Waals surface area contributed by atoms with Crippen molar-refractivity contribution >= 4 is 17.1 Å². The number of benzene rings is 3. The topological polar surface area (TPSA) is 50.9 Å². The molecule has 1 N–H and O–H groups in total. The molecule has 27 heavy (non-hydrogen) atoms. The standard InChI is InChI=1S/C23H21N3O/c1-17-11-14-19(15-12-17)23(27)22(16-13-18-7-3-2-4-8-18)26-21-10-6-5-9-20(21)24-25-26/h2-16,22-23,27H,1H3/b16-13+. The van der Waals surface area contributed by atoms with Gasteiger partial charge in [-0.2, -0.15) is 0 Å². The molecule has 0 aliphatic carbocycles. The summed E-state index contributed by atoms with van der Waals surface area (Å²) in [6, 6.07) is 25.4. The lowest BCUT2D eigenvalue weighted by Gasteiger charge is -2.21. The molecule has 0 bridgehead atoms. The van der Waals surface area contributed by atoms with Gasteiger partial charge >= 0.3 is 0 Å². The molecule has 2 atom stereocenters. The number of hydrogen-bond acceptors (Lipinski definition) is 3. The lowest BCUT2D eigenvalue weighted by molar-refractivity contribution is 0.130. The molecule has 0 aliphatic heterocycles. The fourth-order valence-corrected chi connectivity index (χ4v) is 3.16. The maximum absolute atomic E-state index is 11.1. The van der Waals surface area contributed by atoms with Crippen molar-refractivity contribution in [1.29, 1.82) is 0 Å². The van der Waals surface area contributed by atoms with Crippen molar-refractivity contribution in [2.24, 2.45) is 0 Å². The van der Waals surface area contributed by atoms with Gasteiger partial charge in [0.2, 0.25) is 0 Å². The van der Waals surface area contributed by atoms with Gasteiger partial charge in [0.25, 0.3) is 0 Å². The van der Waals surface area contributed by atoms with E-state index in [0.29, 0.717) is 0 Å². The molecule has 4 rings (SSSR count). The monoisotopic (exact) mass is 355 g/mol. The summed E-state index contributed by atoms with van der Waals surface area (Å²) < 4.78 is 1.79. The highest BCUT2D eigenvalue weighted by Gasteiger charge is 2.23. The van der Waals surface area contributed by atoms with Crippen LogP contribution in [0.1, 0.15) is 28.8 Å². The number of nitrogens with zero attached hydrogens (tertiary/aromatic N) is 3. The Morgan fingerprint density at radius 2 is 1.59 bits per heavy atom. The van der Waals surface area contributed by atoms with Gasteiger partial charge in [0.1, 0.15) is 17.7 Å². The number of aliphatic hydroxyl groups excluding tert-OH is 1. The summed E-state index contributed by atoms with van der Waals surface area (Å²) in [7, 11) is 0. The fourth-order valence-electron chi connectivity index (χ4n) is 3.16. The zero-order valence-corrected chi connectivity index (χ0v) is 15.1. The predicted molar refractivity (Wildman–Crippen MR) is 108 cm³/mol. The van der Waals surface area contributed by atoms with E-state index in [1.54, 1.807) is 4.68 Å². The van der Waals surface area contributed by atoms with Crippen LogP contribution in [0.3, 0.4) is 0 Å². The van der Waals surface area contributed by atoms with E-state index in [-0.39, 0.29) is 6.04 Å². The molecule has 4 aromatic rings. The van der Waals surface area contributed by atoms with E-state index in [1.165, 1.54) is 0 Å². The average molecular weight is 355 g/mol. The van der Waals surface area contributed by atoms with Crippen molar-refractivity contribution in [1.82, 2.24) is 15.0 Å². The first-order valence-electron chi connectivity index (χ1n) is 9.00. The van der Waals surface area contributed by atoms with Crippen LogP contribution in [0.4, 0.5) is 0 Å². The summed E-state index contributed by atoms with van der Waals surface area (Å²) >= 11 is 0. The van der Waals surface area contributed by atoms with Crippen LogP contribution in [0.5, 0.6) is 0 Å². The van der Waals surface area contributed by atoms with Gasteiger partial charge in [-0.25, -0.2) is 4.68 Å². The quantitative estimate of drug-likeness (QED) is 0.563. The summed E-state index contributed by atoms with van der Waals surface area (Å²) in [5.74, 6) is 0. The molecule has 0 radical (unpaired) electrons. The average Bonchev–Trinajstić information content (AvgIpc) is 3.13. The third kappa shape index (κ3) is 3.66. The summed E-state index contributed by atoms with van der Waals surface area (Å²) in [5, 5.41) is 19.7. The van der Waals surface area contributed by atoms with E-state index in [1.807, 2.05) is 97.9 Å². The molecule has 134 valence electrons. The summed E-state index contributed by atoms with van der Waals surface area (Å²) in [6.07, 6.45) is 3.26. The number of aromatic nitrogens is 3. The van der Waals surface area contributed by atoms with Gasteiger partial charge in [-0.15, -0.1) is 5.10 Å². The molecule has 0 fully saturated rings. The number of aliphatic hydroxyl groups is 1. The molecule has 4 heteroatoms. The summed E-state index contributed by atoms with van der Waals surface area (Å²) in [4.78, 5) is 0. The molecule has 0 saturated carbocycles. The first kappa shape index (κ1) is 17.2. The van der Waals surface area contributed by atoms with Gasteiger partial charge < -0.3 is 5.11 Å². The smallest absolute Gasteiger partial charge is 0.113 e. The van der Waals surface area contributed by atoms with E-state index in [9.17, 15) is 5.11 Å². The third-order valence-electron chi connectivity index (χ3n) is 4.69. The zero-order valence-electron chi connectivity index (χ0n) is 15.1. The van der Waals surface area contributed by atoms with E-state index >= 15 is 0 Å². The van der Waals surface area contributed by atoms with Crippen LogP contribution in [0.15, 0.2) is 84.9 Å². The van der Waals surface area contributed by atoms with Crippen molar-refractivity contribution in [2.75, 3.05) is 0 Å². The lowest BCUT2D eigenvalue weighted by Crippen LogP contribution is -2.17. The Balaban J connectivity index is 1.77. The Morgan fingerprint density at radius 3 is 2.37 bits per heavy atom. The molecule has 4 nitrogen and oxygen atoms in total. The Kier molecular flexibility index (Phi) is 4.81. The van der Waals surface area contributed by atoms with Gasteiger partial charge in [0.15, 0.2) is 0 Å². The normalized spacial score (nSPS) is 13.9. The minimum absolute atomic E-state index is 0.375. The molecule has 1 heterocycles. The molecule has 3 aromatic carbocycles. The SMILES string of the molecule is Cc1ccc(C(O)C(/C=C/c2ccccc2)n2nnc3ccccc32)cc1. The maximum atomic E-state index is 11.1. The molecular formula is C23H21N3O. The van der Waals surface area contributed by atoms with E-state index in [4.69, 9.17) is 0 Å². The van der Waals surface area contributed by atoms with Crippen LogP contribution in [0.25, 0.3) is 17.1 Å². The van der Waals surface area contributed by atoms with Crippen molar-refractivity contribution < 1.29 is 5.11 Å². The van der Waals surface area contributed by atoms with Gasteiger partial charge in [-0.3, -0.25) is 0 Å². The van der Waals surface area contributed by atoms with Crippen LogP contribution in [-0.2, 0) is 0 Å². The van der Waals surface area contributed by atoms with Gasteiger partial charge in [-0.05, 0) is 30.2 Å². The van der Waals surface area contributed by atoms with E-state index in [2.05, 4.69) is 10.3 Å². The van der Waals surface area contributed by atoms with Crippen LogP contribution in [-0.4, -0.2) is 20.1 Å². The number of para-hydroxylation sites is 1. The molecule has 0 aliphatic rings. The minimum atomic E-state index is -0.740. The highest BCUT2D eigenvalue weighted by atomic mass is 16.3. The van der Waals surface area contributed by atoms with Crippen molar-refractivity contribution in [2.45, 2.75) is 19.1 Å². The third-order valence-corrected chi connectivity index (χ3v) is 4.69. The van der Waals surface area contributed by atoms with E-state index < -0.39 is 6.10 Å². The van der Waals surface area contributed by atoms with Gasteiger partial charge in [0, 0.05) is 0 Å². The van der Waals surface area contributed by atoms with Gasteiger partial charge in [-0.1, -0.05) is 89.7 Å². The predicted octanol–water partition coefficient (Wildman–Crippen LogP) is 4.73. The Hall–Kier alpha value is -3.24. The number of fused-ring (bicyclic) bond motifs is 1. The zero-order chi connectivity index (χ0) is 18.6. The minimum Gasteiger partial charge on any atom is -0.386 e. The Labute approximate surface area is 158 Å². The number of aryl methyl sites for hydroxylation is 1. The first-order chi connectivity index (χ1) is 13.2. The summed E-state index contributed by atoms with van der Waals surface area (Å²) in [6.45, 7) is 2.04. The van der Waals surface area contributed by atoms with Crippen molar-refractivity contribution in [3.05, 3.63) is 102 Å². The van der Waals surface area contributed by atoms with Crippen LogP contribution >= 0.6 is 0 Å². The van der Waals surface area contributed by atoms with E-state index in [0.717, 1.165) is 27.7 Å². The maximum Gasteiger partial charge on any atom is 0.113 e. The van der Waals surface area contributed by atoms with Crippen molar-refractivity contribution in [3.63, 3.8) is 0 Å². The first-order valence-corrected chi connectivity index (χ1v) is 9.00. The highest BCUT2D eigenvalue weighted by Crippen LogP contribution is 2.30. The molecule has 0 amide bonds. The van der Waals surface area contributed by atoms with Crippen molar-refractivity contribution in [3.8, 4) is 0 Å². The fraction of sp³-hybridized carbons (Fsp3) is 0.130. The Morgan fingerprint density at radius 1 is 0.889 bits per heavy atom. The second-order valence-corrected chi connectivity index (χ2v) is 6.64.